The molecule has 0 bridgehead atoms. The summed E-state index contributed by atoms with van der Waals surface area (Å²) in [5.74, 6) is -1.16. The minimum absolute atomic E-state index is 0.0200. The Morgan fingerprint density at radius 2 is 1.95 bits per heavy atom. The number of nitrogens with one attached hydrogen (secondary N) is 1. The molecule has 1 fully saturated rings. The Labute approximate surface area is 231 Å². The molecule has 4 rings (SSSR count). The number of nitrogens with two attached hydrogens (primary N) is 2. The molecule has 206 valence electrons. The lowest BCUT2D eigenvalue weighted by Gasteiger charge is -2.32. The van der Waals surface area contributed by atoms with Crippen molar-refractivity contribution in [3.05, 3.63) is 69.7 Å². The topological polar surface area (TPSA) is 150 Å². The third-order valence-electron chi connectivity index (χ3n) is 6.53. The van der Waals surface area contributed by atoms with Crippen LogP contribution in [-0.2, 0) is 9.53 Å². The van der Waals surface area contributed by atoms with E-state index < -0.39 is 17.9 Å². The molecule has 5 N–H and O–H groups in total. The summed E-state index contributed by atoms with van der Waals surface area (Å²) in [5.41, 5.74) is 14.1. The number of rotatable bonds is 10. The summed E-state index contributed by atoms with van der Waals surface area (Å²) in [5, 5.41) is 2.98. The first-order valence-corrected chi connectivity index (χ1v) is 13.6. The molecular weight excluding hydrogens is 518 g/mol. The summed E-state index contributed by atoms with van der Waals surface area (Å²) in [6.45, 7) is 7.16. The highest BCUT2D eigenvalue weighted by Gasteiger charge is 2.37. The molecule has 1 aliphatic rings. The standard InChI is InChI=1S/C28H33N5O5S/c1-4-37-19-10-8-18(9-11-19)24(27(35)31-15-20-6-5-13-38-20)33(21-12-7-16(2)14-17(21)3)28(36)25-22(29)23(26(30)34)32-39-25/h7-12,14,20,24H,4-6,13,15,29H2,1-3H3,(H2,30,34)(H,31,35)/t20-,24-/m1/s1. The lowest BCUT2D eigenvalue weighted by Crippen LogP contribution is -2.46. The van der Waals surface area contributed by atoms with Crippen LogP contribution in [0, 0.1) is 13.8 Å². The van der Waals surface area contributed by atoms with Crippen molar-refractivity contribution in [2.24, 2.45) is 5.73 Å². The van der Waals surface area contributed by atoms with Gasteiger partial charge in [0.1, 0.15) is 16.7 Å². The van der Waals surface area contributed by atoms with Gasteiger partial charge in [-0.15, -0.1) is 0 Å². The van der Waals surface area contributed by atoms with Crippen molar-refractivity contribution < 1.29 is 23.9 Å². The van der Waals surface area contributed by atoms with Crippen molar-refractivity contribution in [3.63, 3.8) is 0 Å². The molecule has 0 radical (unpaired) electrons. The quantitative estimate of drug-likeness (QED) is 0.349. The number of nitrogens with zero attached hydrogens (tertiary/aromatic N) is 2. The Morgan fingerprint density at radius 3 is 2.54 bits per heavy atom. The third kappa shape index (κ3) is 6.21. The number of ether oxygens (including phenoxy) is 2. The number of benzene rings is 2. The zero-order chi connectivity index (χ0) is 28.1. The van der Waals surface area contributed by atoms with Gasteiger partial charge in [0.25, 0.3) is 11.8 Å². The Kier molecular flexibility index (Phi) is 8.82. The zero-order valence-electron chi connectivity index (χ0n) is 22.2. The number of carbonyl (C=O) groups excluding carboxylic acids is 3. The second-order valence-corrected chi connectivity index (χ2v) is 10.2. The van der Waals surface area contributed by atoms with Crippen molar-refractivity contribution in [1.29, 1.82) is 0 Å². The van der Waals surface area contributed by atoms with E-state index in [4.69, 9.17) is 20.9 Å². The average molecular weight is 552 g/mol. The SMILES string of the molecule is CCOc1ccc([C@H](C(=O)NC[C@H]2CCCO2)N(C(=O)c2snc(C(N)=O)c2N)c2ccc(C)cc2C)cc1. The predicted molar refractivity (Wildman–Crippen MR) is 150 cm³/mol. The van der Waals surface area contributed by atoms with Crippen LogP contribution in [0.2, 0.25) is 0 Å². The second-order valence-electron chi connectivity index (χ2n) is 9.39. The number of amides is 3. The van der Waals surface area contributed by atoms with Crippen LogP contribution in [0.3, 0.4) is 0 Å². The Balaban J connectivity index is 1.83. The number of primary amides is 1. The number of carbonyl (C=O) groups is 3. The first-order valence-electron chi connectivity index (χ1n) is 12.8. The second kappa shape index (κ2) is 12.3. The highest BCUT2D eigenvalue weighted by molar-refractivity contribution is 7.09. The fourth-order valence-electron chi connectivity index (χ4n) is 4.63. The summed E-state index contributed by atoms with van der Waals surface area (Å²) >= 11 is 0.773. The molecule has 2 heterocycles. The minimum atomic E-state index is -1.07. The molecule has 3 aromatic rings. The summed E-state index contributed by atoms with van der Waals surface area (Å²) in [4.78, 5) is 41.4. The molecule has 2 atom stereocenters. The smallest absolute Gasteiger partial charge is 0.273 e. The Morgan fingerprint density at radius 1 is 1.21 bits per heavy atom. The van der Waals surface area contributed by atoms with E-state index in [1.165, 1.54) is 4.90 Å². The largest absolute Gasteiger partial charge is 0.494 e. The molecule has 11 heteroatoms. The van der Waals surface area contributed by atoms with Crippen LogP contribution >= 0.6 is 11.5 Å². The van der Waals surface area contributed by atoms with E-state index in [9.17, 15) is 14.4 Å². The molecular formula is C28H33N5O5S. The van der Waals surface area contributed by atoms with Crippen LogP contribution < -0.4 is 26.4 Å². The fourth-order valence-corrected chi connectivity index (χ4v) is 5.37. The van der Waals surface area contributed by atoms with Crippen LogP contribution in [0.4, 0.5) is 11.4 Å². The van der Waals surface area contributed by atoms with Gasteiger partial charge in [-0.1, -0.05) is 29.8 Å². The number of nitrogen functional groups attached to an aromatic ring is 1. The maximum atomic E-state index is 14.2. The average Bonchev–Trinajstić information content (AvgIpc) is 3.56. The highest BCUT2D eigenvalue weighted by Crippen LogP contribution is 2.35. The zero-order valence-corrected chi connectivity index (χ0v) is 23.0. The number of hydrogen-bond acceptors (Lipinski definition) is 8. The summed E-state index contributed by atoms with van der Waals surface area (Å²) < 4.78 is 15.3. The molecule has 39 heavy (non-hydrogen) atoms. The van der Waals surface area contributed by atoms with Crippen LogP contribution in [0.15, 0.2) is 42.5 Å². The van der Waals surface area contributed by atoms with Crippen LogP contribution in [0.1, 0.15) is 62.7 Å². The normalized spacial score (nSPS) is 15.5. The molecule has 0 saturated carbocycles. The van der Waals surface area contributed by atoms with Crippen LogP contribution in [0.25, 0.3) is 0 Å². The van der Waals surface area contributed by atoms with Gasteiger partial charge in [0, 0.05) is 18.8 Å². The van der Waals surface area contributed by atoms with E-state index in [-0.39, 0.29) is 28.3 Å². The molecule has 1 saturated heterocycles. The van der Waals surface area contributed by atoms with E-state index in [1.807, 2.05) is 32.9 Å². The summed E-state index contributed by atoms with van der Waals surface area (Å²) in [6, 6.07) is 11.6. The van der Waals surface area contributed by atoms with Crippen molar-refractivity contribution in [2.45, 2.75) is 45.8 Å². The summed E-state index contributed by atoms with van der Waals surface area (Å²) in [6.07, 6.45) is 1.69. The molecule has 0 spiro atoms. The van der Waals surface area contributed by atoms with Gasteiger partial charge >= 0.3 is 0 Å². The predicted octanol–water partition coefficient (Wildman–Crippen LogP) is 3.52. The Bertz CT molecular complexity index is 1350. The summed E-state index contributed by atoms with van der Waals surface area (Å²) in [7, 11) is 0. The maximum absolute atomic E-state index is 14.2. The monoisotopic (exact) mass is 551 g/mol. The van der Waals surface area contributed by atoms with Crippen molar-refractivity contribution in [3.8, 4) is 5.75 Å². The fraction of sp³-hybridized carbons (Fsp3) is 0.357. The molecule has 0 unspecified atom stereocenters. The van der Waals surface area contributed by atoms with E-state index in [2.05, 4.69) is 9.69 Å². The van der Waals surface area contributed by atoms with Gasteiger partial charge < -0.3 is 26.3 Å². The van der Waals surface area contributed by atoms with Crippen molar-refractivity contribution >= 4 is 40.6 Å². The van der Waals surface area contributed by atoms with E-state index in [1.54, 1.807) is 30.3 Å². The van der Waals surface area contributed by atoms with E-state index in [0.717, 1.165) is 35.5 Å². The molecule has 10 nitrogen and oxygen atoms in total. The van der Waals surface area contributed by atoms with Gasteiger partial charge in [0.15, 0.2) is 5.69 Å². The molecule has 3 amide bonds. The van der Waals surface area contributed by atoms with Gasteiger partial charge in [-0.05, 0) is 74.5 Å². The molecule has 1 aromatic heterocycles. The molecule has 0 aliphatic carbocycles. The number of hydrogen-bond donors (Lipinski definition) is 3. The molecule has 1 aliphatic heterocycles. The highest BCUT2D eigenvalue weighted by atomic mass is 32.1. The minimum Gasteiger partial charge on any atom is -0.494 e. The molecule has 2 aromatic carbocycles. The van der Waals surface area contributed by atoms with E-state index >= 15 is 0 Å². The Hall–Kier alpha value is -3.96. The van der Waals surface area contributed by atoms with Gasteiger partial charge in [-0.25, -0.2) is 0 Å². The lowest BCUT2D eigenvalue weighted by molar-refractivity contribution is -0.123. The van der Waals surface area contributed by atoms with Crippen LogP contribution in [-0.4, -0.2) is 48.0 Å². The first-order chi connectivity index (χ1) is 18.7. The van der Waals surface area contributed by atoms with Crippen molar-refractivity contribution in [2.75, 3.05) is 30.4 Å². The van der Waals surface area contributed by atoms with Crippen LogP contribution in [0.5, 0.6) is 5.75 Å². The number of aryl methyl sites for hydroxylation is 2. The lowest BCUT2D eigenvalue weighted by atomic mass is 10.00. The van der Waals surface area contributed by atoms with Gasteiger partial charge in [-0.3, -0.25) is 19.3 Å². The number of anilines is 2. The van der Waals surface area contributed by atoms with Gasteiger partial charge in [0.2, 0.25) is 5.91 Å². The van der Waals surface area contributed by atoms with Gasteiger partial charge in [0.05, 0.1) is 18.4 Å². The third-order valence-corrected chi connectivity index (χ3v) is 7.38. The maximum Gasteiger partial charge on any atom is 0.273 e. The van der Waals surface area contributed by atoms with Gasteiger partial charge in [-0.2, -0.15) is 4.37 Å². The first kappa shape index (κ1) is 28.1. The van der Waals surface area contributed by atoms with E-state index in [0.29, 0.717) is 36.8 Å². The van der Waals surface area contributed by atoms with Crippen molar-refractivity contribution in [1.82, 2.24) is 9.69 Å². The number of aromatic nitrogens is 1.